The van der Waals surface area contributed by atoms with Crippen molar-refractivity contribution in [1.29, 1.82) is 10.8 Å². The van der Waals surface area contributed by atoms with Gasteiger partial charge in [0.15, 0.2) is 0 Å². The lowest BCUT2D eigenvalue weighted by molar-refractivity contribution is 0.00578. The highest BCUT2D eigenvalue weighted by Crippen LogP contribution is 2.37. The van der Waals surface area contributed by atoms with Crippen LogP contribution >= 0.6 is 0 Å². The molecule has 0 N–H and O–H groups in total. The second-order valence-electron chi connectivity index (χ2n) is 10.7. The van der Waals surface area contributed by atoms with E-state index in [1.807, 2.05) is 104 Å². The zero-order valence-electron chi connectivity index (χ0n) is 21.8. The average molecular weight is 480 g/mol. The van der Waals surface area contributed by atoms with Gasteiger partial charge in [0.2, 0.25) is 6.79 Å². The molecule has 0 radical (unpaired) electrons. The van der Waals surface area contributed by atoms with Crippen molar-refractivity contribution in [2.45, 2.75) is 77.8 Å². The normalized spacial score (nSPS) is 21.2. The minimum absolute atomic E-state index is 0.103. The van der Waals surface area contributed by atoms with Crippen molar-refractivity contribution in [3.05, 3.63) is 48.5 Å². The third kappa shape index (κ3) is 5.65. The molecule has 0 saturated carbocycles. The highest BCUT2D eigenvalue weighted by Gasteiger charge is 2.52. The van der Waals surface area contributed by atoms with Crippen molar-refractivity contribution < 1.29 is 28.1 Å². The summed E-state index contributed by atoms with van der Waals surface area (Å²) in [5.74, 6) is 1.42. The van der Waals surface area contributed by atoms with E-state index in [9.17, 15) is 0 Å². The van der Waals surface area contributed by atoms with Gasteiger partial charge in [0.1, 0.15) is 11.5 Å². The Balaban J connectivity index is 0.00000167. The van der Waals surface area contributed by atoms with Crippen LogP contribution in [0, 0.1) is 10.8 Å². The van der Waals surface area contributed by atoms with Gasteiger partial charge in [-0.3, -0.25) is 0 Å². The first-order valence-electron chi connectivity index (χ1n) is 11.7. The molecule has 0 unspecified atom stereocenters. The van der Waals surface area contributed by atoms with E-state index in [-0.39, 0.29) is 43.4 Å². The maximum atomic E-state index is 6.09. The summed E-state index contributed by atoms with van der Waals surface area (Å²) in [7, 11) is -0.773. The molecule has 0 spiro atoms. The molecule has 2 fully saturated rings. The van der Waals surface area contributed by atoms with Crippen LogP contribution < -0.4 is 20.4 Å². The van der Waals surface area contributed by atoms with E-state index in [2.05, 4.69) is 0 Å². The predicted octanol–water partition coefficient (Wildman–Crippen LogP) is 3.73. The molecule has 0 amide bonds. The standard InChI is InChI=1S/C25H34B2O6.N2/c1-22(2)23(3,4)31-26(30-22)18-9-13-20(14-10-18)28-17-29-21-15-11-19(12-16-21)27-32-24(5,6)25(7,8)33-27;1-2/h9-16H,17H2,1-8H3;. The maximum absolute atomic E-state index is 6.09. The summed E-state index contributed by atoms with van der Waals surface area (Å²) in [5.41, 5.74) is 0.467. The van der Waals surface area contributed by atoms with Crippen LogP contribution in [0.3, 0.4) is 0 Å². The monoisotopic (exact) mass is 480 g/mol. The molecule has 2 heterocycles. The second-order valence-corrected chi connectivity index (χ2v) is 10.7. The summed E-state index contributed by atoms with van der Waals surface area (Å²) in [5, 5.41) is 12.0. The zero-order chi connectivity index (χ0) is 26.1. The lowest BCUT2D eigenvalue weighted by Gasteiger charge is -2.32. The number of ether oxygens (including phenoxy) is 2. The Labute approximate surface area is 208 Å². The van der Waals surface area contributed by atoms with Gasteiger partial charge in [-0.25, -0.2) is 0 Å². The van der Waals surface area contributed by atoms with Crippen LogP contribution in [0.15, 0.2) is 48.5 Å². The molecule has 2 aliphatic rings. The molecule has 2 aromatic rings. The van der Waals surface area contributed by atoms with Crippen LogP contribution in [0.25, 0.3) is 0 Å². The smallest absolute Gasteiger partial charge is 0.458 e. The van der Waals surface area contributed by atoms with Gasteiger partial charge in [0.25, 0.3) is 0 Å². The van der Waals surface area contributed by atoms with Crippen molar-refractivity contribution in [3.63, 3.8) is 0 Å². The van der Waals surface area contributed by atoms with E-state index < -0.39 is 0 Å². The highest BCUT2D eigenvalue weighted by atomic mass is 16.7. The van der Waals surface area contributed by atoms with Gasteiger partial charge < -0.3 is 28.1 Å². The fourth-order valence-corrected chi connectivity index (χ4v) is 3.57. The van der Waals surface area contributed by atoms with E-state index in [1.165, 1.54) is 0 Å². The van der Waals surface area contributed by atoms with Crippen LogP contribution in [0.4, 0.5) is 0 Å². The van der Waals surface area contributed by atoms with E-state index in [0.717, 1.165) is 10.9 Å². The second kappa shape index (κ2) is 9.82. The van der Waals surface area contributed by atoms with Crippen LogP contribution in [0.5, 0.6) is 11.5 Å². The molecule has 8 nitrogen and oxygen atoms in total. The van der Waals surface area contributed by atoms with Crippen molar-refractivity contribution in [2.75, 3.05) is 6.79 Å². The van der Waals surface area contributed by atoms with Crippen LogP contribution in [-0.2, 0) is 18.6 Å². The maximum Gasteiger partial charge on any atom is 0.494 e. The Morgan fingerprint density at radius 1 is 0.543 bits per heavy atom. The summed E-state index contributed by atoms with van der Waals surface area (Å²) in [6.07, 6.45) is 0. The van der Waals surface area contributed by atoms with E-state index in [4.69, 9.17) is 38.9 Å². The molecule has 2 aromatic carbocycles. The SMILES string of the molecule is CC1(C)OB(c2ccc(OCOc3ccc(B4OC(C)(C)C(C)(C)O4)cc3)cc2)OC1(C)C.N#N. The number of hydrogen-bond donors (Lipinski definition) is 0. The molecule has 35 heavy (non-hydrogen) atoms. The Morgan fingerprint density at radius 3 is 1.06 bits per heavy atom. The molecule has 186 valence electrons. The molecular weight excluding hydrogens is 446 g/mol. The summed E-state index contributed by atoms with van der Waals surface area (Å²) < 4.78 is 35.9. The van der Waals surface area contributed by atoms with E-state index in [0.29, 0.717) is 11.5 Å². The molecule has 4 rings (SSSR count). The zero-order valence-corrected chi connectivity index (χ0v) is 21.8. The fourth-order valence-electron chi connectivity index (χ4n) is 3.57. The first-order chi connectivity index (χ1) is 16.3. The van der Waals surface area contributed by atoms with E-state index in [1.54, 1.807) is 0 Å². The minimum Gasteiger partial charge on any atom is -0.458 e. The molecule has 0 aliphatic carbocycles. The van der Waals surface area contributed by atoms with Gasteiger partial charge in [-0.1, -0.05) is 24.3 Å². The third-order valence-electron chi connectivity index (χ3n) is 7.26. The van der Waals surface area contributed by atoms with Crippen molar-refractivity contribution in [2.24, 2.45) is 0 Å². The fraction of sp³-hybridized carbons (Fsp3) is 0.520. The molecular formula is C25H34B2N2O6. The molecule has 0 bridgehead atoms. The van der Waals surface area contributed by atoms with Crippen LogP contribution in [0.1, 0.15) is 55.4 Å². The molecule has 0 aromatic heterocycles. The largest absolute Gasteiger partial charge is 0.494 e. The Hall–Kier alpha value is -2.57. The van der Waals surface area contributed by atoms with Crippen LogP contribution in [-0.4, -0.2) is 43.4 Å². The first kappa shape index (κ1) is 27.0. The number of nitrogens with zero attached hydrogens (tertiary/aromatic N) is 2. The first-order valence-corrected chi connectivity index (χ1v) is 11.7. The number of hydrogen-bond acceptors (Lipinski definition) is 8. The number of benzene rings is 2. The lowest BCUT2D eigenvalue weighted by Crippen LogP contribution is -2.41. The highest BCUT2D eigenvalue weighted by molar-refractivity contribution is 6.62. The Morgan fingerprint density at radius 2 is 0.800 bits per heavy atom. The summed E-state index contributed by atoms with van der Waals surface area (Å²) >= 11 is 0. The lowest BCUT2D eigenvalue weighted by atomic mass is 9.79. The van der Waals surface area contributed by atoms with Crippen molar-refractivity contribution in [1.82, 2.24) is 0 Å². The Kier molecular flexibility index (Phi) is 7.59. The molecule has 0 atom stereocenters. The average Bonchev–Trinajstić information content (AvgIpc) is 3.15. The summed E-state index contributed by atoms with van der Waals surface area (Å²) in [6, 6.07) is 15.4. The molecule has 2 saturated heterocycles. The predicted molar refractivity (Wildman–Crippen MR) is 134 cm³/mol. The third-order valence-corrected chi connectivity index (χ3v) is 7.26. The Bertz CT molecular complexity index is 911. The molecule has 2 aliphatic heterocycles. The van der Waals surface area contributed by atoms with Gasteiger partial charge >= 0.3 is 14.2 Å². The topological polar surface area (TPSA) is 103 Å². The quantitative estimate of drug-likeness (QED) is 0.350. The molecule has 10 heteroatoms. The van der Waals surface area contributed by atoms with Gasteiger partial charge in [-0.15, -0.1) is 0 Å². The van der Waals surface area contributed by atoms with Gasteiger partial charge in [0.05, 0.1) is 22.4 Å². The van der Waals surface area contributed by atoms with Gasteiger partial charge in [-0.2, -0.15) is 0 Å². The number of rotatable bonds is 6. The van der Waals surface area contributed by atoms with Crippen molar-refractivity contribution >= 4 is 25.2 Å². The van der Waals surface area contributed by atoms with Gasteiger partial charge in [0, 0.05) is 10.8 Å². The summed E-state index contributed by atoms with van der Waals surface area (Å²) in [4.78, 5) is 0. The summed E-state index contributed by atoms with van der Waals surface area (Å²) in [6.45, 7) is 16.5. The van der Waals surface area contributed by atoms with Gasteiger partial charge in [-0.05, 0) is 90.6 Å². The minimum atomic E-state index is -0.386. The van der Waals surface area contributed by atoms with E-state index >= 15 is 0 Å². The van der Waals surface area contributed by atoms with Crippen molar-refractivity contribution in [3.8, 4) is 11.5 Å². The van der Waals surface area contributed by atoms with Crippen LogP contribution in [0.2, 0.25) is 0 Å².